The Morgan fingerprint density at radius 2 is 2.16 bits per heavy atom. The number of hydrogen-bond donors (Lipinski definition) is 1. The maximum absolute atomic E-state index is 12.8. The Labute approximate surface area is 149 Å². The van der Waals surface area contributed by atoms with E-state index < -0.39 is 0 Å². The molecule has 2 unspecified atom stereocenters. The van der Waals surface area contributed by atoms with Crippen molar-refractivity contribution in [1.82, 2.24) is 4.90 Å². The topological polar surface area (TPSA) is 41.6 Å². The van der Waals surface area contributed by atoms with E-state index in [1.165, 1.54) is 30.6 Å². The maximum atomic E-state index is 12.8. The number of hydrogen-bond acceptors (Lipinski definition) is 4. The molecule has 1 aromatic rings. The van der Waals surface area contributed by atoms with E-state index in [0.717, 1.165) is 25.8 Å². The minimum absolute atomic E-state index is 0.0278. The van der Waals surface area contributed by atoms with Crippen molar-refractivity contribution in [2.24, 2.45) is 11.3 Å². The molecule has 4 heteroatoms. The van der Waals surface area contributed by atoms with E-state index in [0.29, 0.717) is 6.04 Å². The van der Waals surface area contributed by atoms with Crippen LogP contribution in [0.2, 0.25) is 0 Å². The van der Waals surface area contributed by atoms with E-state index in [1.54, 1.807) is 7.11 Å². The van der Waals surface area contributed by atoms with Gasteiger partial charge in [-0.25, -0.2) is 0 Å². The quantitative estimate of drug-likeness (QED) is 0.840. The molecule has 4 nitrogen and oxygen atoms in total. The highest BCUT2D eigenvalue weighted by Gasteiger charge is 2.69. The van der Waals surface area contributed by atoms with Crippen molar-refractivity contribution in [2.75, 3.05) is 25.5 Å². The smallest absolute Gasteiger partial charge is 0.310 e. The number of anilines is 1. The number of nitrogens with one attached hydrogen (secondary N) is 1. The molecule has 5 rings (SSSR count). The van der Waals surface area contributed by atoms with Gasteiger partial charge in [-0.15, -0.1) is 0 Å². The number of para-hydroxylation sites is 1. The van der Waals surface area contributed by atoms with Crippen molar-refractivity contribution in [3.63, 3.8) is 0 Å². The fraction of sp³-hybridized carbons (Fsp3) is 0.667. The first-order chi connectivity index (χ1) is 12.2. The fourth-order valence-electron chi connectivity index (χ4n) is 7.07. The molecular formula is C21H28N2O2. The summed E-state index contributed by atoms with van der Waals surface area (Å²) < 4.78 is 5.28. The van der Waals surface area contributed by atoms with Crippen molar-refractivity contribution >= 4 is 11.7 Å². The SMILES string of the molecule is CC[C@]12CCCN3CC[C@@]4(c5ccccc5NC4C(C(=O)OC)C1)[C@@H]32. The van der Waals surface area contributed by atoms with Crippen molar-refractivity contribution in [1.29, 1.82) is 0 Å². The molecule has 5 atom stereocenters. The average molecular weight is 340 g/mol. The molecule has 0 radical (unpaired) electrons. The standard InChI is InChI=1S/C21H28N2O2/c1-3-20-9-6-11-23-12-10-21(19(20)23)15-7-4-5-8-16(15)22-17(21)14(13-20)18(24)25-2/h4-5,7-8,14,17,19,22H,3,6,9-13H2,1-2H3/t14?,17?,19-,20-,21-/m0/s1. The highest BCUT2D eigenvalue weighted by atomic mass is 16.5. The van der Waals surface area contributed by atoms with Gasteiger partial charge in [0, 0.05) is 17.1 Å². The second-order valence-corrected chi connectivity index (χ2v) is 8.55. The molecule has 0 bridgehead atoms. The van der Waals surface area contributed by atoms with E-state index >= 15 is 0 Å². The Morgan fingerprint density at radius 1 is 1.32 bits per heavy atom. The van der Waals surface area contributed by atoms with Gasteiger partial charge < -0.3 is 10.1 Å². The Kier molecular flexibility index (Phi) is 3.28. The zero-order valence-electron chi connectivity index (χ0n) is 15.3. The van der Waals surface area contributed by atoms with Gasteiger partial charge in [0.05, 0.1) is 19.1 Å². The van der Waals surface area contributed by atoms with Gasteiger partial charge in [-0.05, 0) is 62.2 Å². The molecule has 3 aliphatic heterocycles. The van der Waals surface area contributed by atoms with E-state index in [1.807, 2.05) is 0 Å². The number of benzene rings is 1. The highest BCUT2D eigenvalue weighted by molar-refractivity contribution is 5.78. The number of nitrogens with zero attached hydrogens (tertiary/aromatic N) is 1. The molecule has 25 heavy (non-hydrogen) atoms. The van der Waals surface area contributed by atoms with Gasteiger partial charge in [0.1, 0.15) is 0 Å². The van der Waals surface area contributed by atoms with E-state index in [2.05, 4.69) is 41.4 Å². The van der Waals surface area contributed by atoms with Crippen LogP contribution >= 0.6 is 0 Å². The summed E-state index contributed by atoms with van der Waals surface area (Å²) >= 11 is 0. The minimum atomic E-state index is -0.0494. The number of rotatable bonds is 2. The molecule has 2 saturated heterocycles. The third kappa shape index (κ3) is 1.79. The Morgan fingerprint density at radius 3 is 2.96 bits per heavy atom. The third-order valence-corrected chi connectivity index (χ3v) is 7.90. The Balaban J connectivity index is 1.73. The van der Waals surface area contributed by atoms with Crippen LogP contribution in [0.15, 0.2) is 24.3 Å². The van der Waals surface area contributed by atoms with E-state index in [9.17, 15) is 4.79 Å². The summed E-state index contributed by atoms with van der Waals surface area (Å²) in [5, 5.41) is 3.77. The largest absolute Gasteiger partial charge is 0.469 e. The predicted molar refractivity (Wildman–Crippen MR) is 97.6 cm³/mol. The van der Waals surface area contributed by atoms with Crippen molar-refractivity contribution < 1.29 is 9.53 Å². The summed E-state index contributed by atoms with van der Waals surface area (Å²) in [6.07, 6.45) is 5.77. The van der Waals surface area contributed by atoms with Crippen LogP contribution in [0, 0.1) is 11.3 Å². The van der Waals surface area contributed by atoms with Gasteiger partial charge in [0.25, 0.3) is 0 Å². The van der Waals surface area contributed by atoms with Gasteiger partial charge in [0.2, 0.25) is 0 Å². The number of esters is 1. The predicted octanol–water partition coefficient (Wildman–Crippen LogP) is 3.18. The lowest BCUT2D eigenvalue weighted by Gasteiger charge is -2.59. The molecule has 1 saturated carbocycles. The lowest BCUT2D eigenvalue weighted by atomic mass is 9.49. The average Bonchev–Trinajstić information content (AvgIpc) is 3.21. The summed E-state index contributed by atoms with van der Waals surface area (Å²) in [7, 11) is 1.55. The summed E-state index contributed by atoms with van der Waals surface area (Å²) in [6, 6.07) is 9.49. The lowest BCUT2D eigenvalue weighted by molar-refractivity contribution is -0.153. The third-order valence-electron chi connectivity index (χ3n) is 7.90. The van der Waals surface area contributed by atoms with Crippen molar-refractivity contribution in [2.45, 2.75) is 56.5 Å². The monoisotopic (exact) mass is 340 g/mol. The fourth-order valence-corrected chi connectivity index (χ4v) is 7.07. The molecular weight excluding hydrogens is 312 g/mol. The summed E-state index contributed by atoms with van der Waals surface area (Å²) in [6.45, 7) is 4.71. The van der Waals surface area contributed by atoms with E-state index in [4.69, 9.17) is 4.74 Å². The summed E-state index contributed by atoms with van der Waals surface area (Å²) in [5.41, 5.74) is 2.98. The number of ether oxygens (including phenoxy) is 1. The first-order valence-corrected chi connectivity index (χ1v) is 9.84. The van der Waals surface area contributed by atoms with E-state index in [-0.39, 0.29) is 28.8 Å². The summed E-state index contributed by atoms with van der Waals surface area (Å²) in [5.74, 6) is -0.0772. The molecule has 1 aromatic carbocycles. The Hall–Kier alpha value is -1.55. The number of fused-ring (bicyclic) bond motifs is 1. The van der Waals surface area contributed by atoms with Crippen LogP contribution in [0.3, 0.4) is 0 Å². The van der Waals surface area contributed by atoms with Crippen LogP contribution in [-0.2, 0) is 14.9 Å². The zero-order chi connectivity index (χ0) is 17.2. The molecule has 3 heterocycles. The van der Waals surface area contributed by atoms with Gasteiger partial charge in [-0.2, -0.15) is 0 Å². The maximum Gasteiger partial charge on any atom is 0.310 e. The number of methoxy groups -OCH3 is 1. The van der Waals surface area contributed by atoms with Crippen LogP contribution in [0.5, 0.6) is 0 Å². The molecule has 4 aliphatic rings. The molecule has 134 valence electrons. The van der Waals surface area contributed by atoms with Crippen LogP contribution in [0.1, 0.15) is 44.6 Å². The van der Waals surface area contributed by atoms with Crippen LogP contribution in [0.4, 0.5) is 5.69 Å². The second kappa shape index (κ2) is 5.23. The highest BCUT2D eigenvalue weighted by Crippen LogP contribution is 2.65. The molecule has 1 N–H and O–H groups in total. The first kappa shape index (κ1) is 15.7. The zero-order valence-corrected chi connectivity index (χ0v) is 15.3. The number of carbonyl (C=O) groups is 1. The van der Waals surface area contributed by atoms with Crippen molar-refractivity contribution in [3.05, 3.63) is 29.8 Å². The van der Waals surface area contributed by atoms with Crippen LogP contribution < -0.4 is 5.32 Å². The van der Waals surface area contributed by atoms with Gasteiger partial charge >= 0.3 is 5.97 Å². The number of piperidine rings is 1. The Bertz CT molecular complexity index is 720. The molecule has 0 aromatic heterocycles. The number of carbonyl (C=O) groups excluding carboxylic acids is 1. The van der Waals surface area contributed by atoms with Gasteiger partial charge in [-0.3, -0.25) is 9.69 Å². The van der Waals surface area contributed by atoms with Crippen LogP contribution in [-0.4, -0.2) is 43.2 Å². The molecule has 1 spiro atoms. The van der Waals surface area contributed by atoms with Crippen LogP contribution in [0.25, 0.3) is 0 Å². The normalized spacial score (nSPS) is 41.4. The molecule has 0 amide bonds. The summed E-state index contributed by atoms with van der Waals surface area (Å²) in [4.78, 5) is 15.5. The molecule has 1 aliphatic carbocycles. The first-order valence-electron chi connectivity index (χ1n) is 9.84. The second-order valence-electron chi connectivity index (χ2n) is 8.55. The van der Waals surface area contributed by atoms with Gasteiger partial charge in [0.15, 0.2) is 0 Å². The molecule has 3 fully saturated rings. The minimum Gasteiger partial charge on any atom is -0.469 e. The lowest BCUT2D eigenvalue weighted by Crippen LogP contribution is -2.67. The van der Waals surface area contributed by atoms with Gasteiger partial charge in [-0.1, -0.05) is 25.1 Å². The van der Waals surface area contributed by atoms with Crippen molar-refractivity contribution in [3.8, 4) is 0 Å².